The van der Waals surface area contributed by atoms with Gasteiger partial charge in [-0.15, -0.1) is 0 Å². The average molecular weight is 221 g/mol. The molecule has 0 aliphatic carbocycles. The molecule has 0 bridgehead atoms. The third kappa shape index (κ3) is 3.90. The van der Waals surface area contributed by atoms with Gasteiger partial charge in [0.25, 0.3) is 0 Å². The van der Waals surface area contributed by atoms with Crippen LogP contribution < -0.4 is 0 Å². The van der Waals surface area contributed by atoms with Crippen LogP contribution in [0.2, 0.25) is 0 Å². The number of nitriles is 2. The Morgan fingerprint density at radius 1 is 1.25 bits per heavy atom. The van der Waals surface area contributed by atoms with Gasteiger partial charge in [0.15, 0.2) is 0 Å². The molecule has 0 saturated carbocycles. The molecule has 0 aromatic carbocycles. The van der Waals surface area contributed by atoms with Gasteiger partial charge in [0.2, 0.25) is 5.91 Å². The third-order valence-electron chi connectivity index (χ3n) is 2.48. The van der Waals surface area contributed by atoms with Crippen molar-refractivity contribution in [2.45, 2.75) is 27.7 Å². The molecule has 2 atom stereocenters. The van der Waals surface area contributed by atoms with E-state index in [9.17, 15) is 4.79 Å². The highest BCUT2D eigenvalue weighted by atomic mass is 16.2. The lowest BCUT2D eigenvalue weighted by Crippen LogP contribution is -2.39. The van der Waals surface area contributed by atoms with Crippen LogP contribution in [0, 0.1) is 40.4 Å². The van der Waals surface area contributed by atoms with E-state index in [0.29, 0.717) is 13.1 Å². The largest absolute Gasteiger partial charge is 0.341 e. The van der Waals surface area contributed by atoms with Crippen LogP contribution in [0.1, 0.15) is 27.7 Å². The van der Waals surface area contributed by atoms with Gasteiger partial charge in [-0.25, -0.2) is 0 Å². The second-order valence-corrected chi connectivity index (χ2v) is 4.26. The number of rotatable bonds is 5. The molecule has 0 heterocycles. The summed E-state index contributed by atoms with van der Waals surface area (Å²) in [7, 11) is 0. The van der Waals surface area contributed by atoms with E-state index in [2.05, 4.69) is 6.07 Å². The maximum absolute atomic E-state index is 12.0. The lowest BCUT2D eigenvalue weighted by molar-refractivity contribution is -0.135. The summed E-state index contributed by atoms with van der Waals surface area (Å²) in [5.74, 6) is -0.965. The molecular formula is C12H19N3O. The zero-order valence-corrected chi connectivity index (χ0v) is 10.4. The fraction of sp³-hybridized carbons (Fsp3) is 0.750. The smallest absolute Gasteiger partial charge is 0.240 e. The quantitative estimate of drug-likeness (QED) is 0.710. The molecule has 88 valence electrons. The highest BCUT2D eigenvalue weighted by Gasteiger charge is 2.26. The lowest BCUT2D eigenvalue weighted by Gasteiger charge is -2.25. The van der Waals surface area contributed by atoms with Crippen molar-refractivity contribution in [3.63, 3.8) is 0 Å². The second-order valence-electron chi connectivity index (χ2n) is 4.26. The normalized spacial score (nSPS) is 13.7. The maximum Gasteiger partial charge on any atom is 0.240 e. The van der Waals surface area contributed by atoms with Gasteiger partial charge < -0.3 is 4.90 Å². The first-order valence-electron chi connectivity index (χ1n) is 5.55. The summed E-state index contributed by atoms with van der Waals surface area (Å²) in [6.07, 6.45) is 0. The summed E-state index contributed by atoms with van der Waals surface area (Å²) in [6.45, 7) is 8.27. The highest BCUT2D eigenvalue weighted by Crippen LogP contribution is 2.14. The van der Waals surface area contributed by atoms with E-state index in [4.69, 9.17) is 10.5 Å². The van der Waals surface area contributed by atoms with E-state index < -0.39 is 5.92 Å². The molecular weight excluding hydrogens is 202 g/mol. The molecule has 0 N–H and O–H groups in total. The van der Waals surface area contributed by atoms with Crippen LogP contribution in [0.25, 0.3) is 0 Å². The molecule has 0 saturated heterocycles. The van der Waals surface area contributed by atoms with Crippen molar-refractivity contribution in [3.8, 4) is 12.1 Å². The van der Waals surface area contributed by atoms with E-state index in [0.717, 1.165) is 0 Å². The minimum atomic E-state index is -0.606. The van der Waals surface area contributed by atoms with Gasteiger partial charge in [0, 0.05) is 13.1 Å². The van der Waals surface area contributed by atoms with Gasteiger partial charge in [-0.3, -0.25) is 4.79 Å². The van der Waals surface area contributed by atoms with Crippen LogP contribution in [0.3, 0.4) is 0 Å². The van der Waals surface area contributed by atoms with Crippen LogP contribution in [0.5, 0.6) is 0 Å². The standard InChI is InChI=1S/C12H19N3O/c1-5-15(8-10(4)6-13)12(16)11(7-14)9(2)3/h9-11H,5,8H2,1-4H3. The highest BCUT2D eigenvalue weighted by molar-refractivity contribution is 5.81. The van der Waals surface area contributed by atoms with E-state index >= 15 is 0 Å². The van der Waals surface area contributed by atoms with Crippen LogP contribution in [0.15, 0.2) is 0 Å². The summed E-state index contributed by atoms with van der Waals surface area (Å²) in [5.41, 5.74) is 0. The molecule has 0 fully saturated rings. The summed E-state index contributed by atoms with van der Waals surface area (Å²) < 4.78 is 0. The molecule has 4 nitrogen and oxygen atoms in total. The fourth-order valence-electron chi connectivity index (χ4n) is 1.43. The molecule has 4 heteroatoms. The van der Waals surface area contributed by atoms with Crippen LogP contribution in [-0.2, 0) is 4.79 Å². The Bertz CT molecular complexity index is 311. The minimum Gasteiger partial charge on any atom is -0.341 e. The van der Waals surface area contributed by atoms with E-state index in [1.807, 2.05) is 26.8 Å². The molecule has 2 unspecified atom stereocenters. The Kier molecular flexibility index (Phi) is 6.18. The van der Waals surface area contributed by atoms with Gasteiger partial charge in [-0.1, -0.05) is 13.8 Å². The molecule has 0 rings (SSSR count). The van der Waals surface area contributed by atoms with Crippen molar-refractivity contribution in [3.05, 3.63) is 0 Å². The van der Waals surface area contributed by atoms with Crippen molar-refractivity contribution >= 4 is 5.91 Å². The first-order chi connectivity index (χ1) is 7.47. The summed E-state index contributed by atoms with van der Waals surface area (Å²) in [6, 6.07) is 4.13. The second kappa shape index (κ2) is 6.85. The maximum atomic E-state index is 12.0. The summed E-state index contributed by atoms with van der Waals surface area (Å²) in [5, 5.41) is 17.7. The number of nitrogens with zero attached hydrogens (tertiary/aromatic N) is 3. The first kappa shape index (κ1) is 14.5. The average Bonchev–Trinajstić information content (AvgIpc) is 2.25. The molecule has 16 heavy (non-hydrogen) atoms. The van der Waals surface area contributed by atoms with Crippen LogP contribution in [-0.4, -0.2) is 23.9 Å². The van der Waals surface area contributed by atoms with Crippen molar-refractivity contribution in [1.82, 2.24) is 4.90 Å². The Morgan fingerprint density at radius 2 is 1.81 bits per heavy atom. The Morgan fingerprint density at radius 3 is 2.12 bits per heavy atom. The SMILES string of the molecule is CCN(CC(C)C#N)C(=O)C(C#N)C(C)C. The number of hydrogen-bond donors (Lipinski definition) is 0. The van der Waals surface area contributed by atoms with Gasteiger partial charge in [0.1, 0.15) is 5.92 Å². The van der Waals surface area contributed by atoms with Crippen molar-refractivity contribution in [1.29, 1.82) is 10.5 Å². The molecule has 0 spiro atoms. The van der Waals surface area contributed by atoms with Crippen molar-refractivity contribution in [2.24, 2.45) is 17.8 Å². The fourth-order valence-corrected chi connectivity index (χ4v) is 1.43. The zero-order valence-electron chi connectivity index (χ0n) is 10.4. The molecule has 1 amide bonds. The monoisotopic (exact) mass is 221 g/mol. The Balaban J connectivity index is 4.66. The number of amides is 1. The molecule has 0 aliphatic heterocycles. The van der Waals surface area contributed by atoms with Crippen LogP contribution in [0.4, 0.5) is 0 Å². The minimum absolute atomic E-state index is 0.00365. The molecule has 0 aromatic heterocycles. The lowest BCUT2D eigenvalue weighted by atomic mass is 9.95. The van der Waals surface area contributed by atoms with Gasteiger partial charge in [-0.2, -0.15) is 10.5 Å². The van der Waals surface area contributed by atoms with E-state index in [-0.39, 0.29) is 17.7 Å². The molecule has 0 aromatic rings. The molecule has 0 aliphatic rings. The van der Waals surface area contributed by atoms with Gasteiger partial charge in [0.05, 0.1) is 18.1 Å². The molecule has 0 radical (unpaired) electrons. The van der Waals surface area contributed by atoms with E-state index in [1.54, 1.807) is 11.8 Å². The Hall–Kier alpha value is -1.55. The van der Waals surface area contributed by atoms with Crippen molar-refractivity contribution in [2.75, 3.05) is 13.1 Å². The Labute approximate surface area is 97.5 Å². The van der Waals surface area contributed by atoms with Gasteiger partial charge >= 0.3 is 0 Å². The summed E-state index contributed by atoms with van der Waals surface area (Å²) >= 11 is 0. The number of carbonyl (C=O) groups excluding carboxylic acids is 1. The third-order valence-corrected chi connectivity index (χ3v) is 2.48. The predicted octanol–water partition coefficient (Wildman–Crippen LogP) is 1.79. The predicted molar refractivity (Wildman–Crippen MR) is 61.0 cm³/mol. The summed E-state index contributed by atoms with van der Waals surface area (Å²) in [4.78, 5) is 13.6. The first-order valence-corrected chi connectivity index (χ1v) is 5.55. The van der Waals surface area contributed by atoms with Crippen molar-refractivity contribution < 1.29 is 4.79 Å². The number of carbonyl (C=O) groups is 1. The number of hydrogen-bond acceptors (Lipinski definition) is 3. The van der Waals surface area contributed by atoms with Crippen LogP contribution >= 0.6 is 0 Å². The topological polar surface area (TPSA) is 67.9 Å². The van der Waals surface area contributed by atoms with E-state index in [1.165, 1.54) is 0 Å². The zero-order chi connectivity index (χ0) is 12.7. The van der Waals surface area contributed by atoms with Gasteiger partial charge in [-0.05, 0) is 19.8 Å².